The van der Waals surface area contributed by atoms with E-state index in [1.807, 2.05) is 6.20 Å². The molecule has 0 saturated heterocycles. The minimum atomic E-state index is 1.04. The van der Waals surface area contributed by atoms with Crippen LogP contribution in [0.5, 0.6) is 0 Å². The summed E-state index contributed by atoms with van der Waals surface area (Å²) in [6.07, 6.45) is 1.96. The average molecular weight is 558 g/mol. The van der Waals surface area contributed by atoms with Crippen molar-refractivity contribution in [3.63, 3.8) is 0 Å². The predicted octanol–water partition coefficient (Wildman–Crippen LogP) is 11.8. The Labute approximate surface area is 255 Å². The second kappa shape index (κ2) is 9.90. The molecule has 0 spiro atoms. The van der Waals surface area contributed by atoms with Gasteiger partial charge in [-0.15, -0.1) is 0 Å². The molecule has 0 aliphatic heterocycles. The van der Waals surface area contributed by atoms with Crippen LogP contribution in [0.4, 0.5) is 0 Å². The zero-order chi connectivity index (χ0) is 29.0. The number of nitrogens with zero attached hydrogens (tertiary/aromatic N) is 1. The Balaban J connectivity index is 1.37. The van der Waals surface area contributed by atoms with Crippen molar-refractivity contribution in [3.8, 4) is 33.4 Å². The van der Waals surface area contributed by atoms with Crippen molar-refractivity contribution in [2.45, 2.75) is 0 Å². The minimum absolute atomic E-state index is 1.04. The number of hydrogen-bond acceptors (Lipinski definition) is 1. The monoisotopic (exact) mass is 557 g/mol. The van der Waals surface area contributed by atoms with Crippen molar-refractivity contribution >= 4 is 54.0 Å². The summed E-state index contributed by atoms with van der Waals surface area (Å²) < 4.78 is 0. The van der Waals surface area contributed by atoms with Gasteiger partial charge < -0.3 is 0 Å². The van der Waals surface area contributed by atoms with Gasteiger partial charge in [0.1, 0.15) is 0 Å². The van der Waals surface area contributed by atoms with Crippen molar-refractivity contribution in [3.05, 3.63) is 164 Å². The molecule has 44 heavy (non-hydrogen) atoms. The van der Waals surface area contributed by atoms with Crippen molar-refractivity contribution < 1.29 is 0 Å². The first-order valence-corrected chi connectivity index (χ1v) is 15.1. The Morgan fingerprint density at radius 3 is 1.59 bits per heavy atom. The van der Waals surface area contributed by atoms with Gasteiger partial charge in [-0.05, 0) is 89.3 Å². The van der Waals surface area contributed by atoms with Crippen LogP contribution in [0, 0.1) is 0 Å². The van der Waals surface area contributed by atoms with E-state index < -0.39 is 0 Å². The van der Waals surface area contributed by atoms with Gasteiger partial charge in [0.05, 0.1) is 5.52 Å². The maximum atomic E-state index is 4.86. The summed E-state index contributed by atoms with van der Waals surface area (Å²) in [7, 11) is 0. The van der Waals surface area contributed by atoms with E-state index in [2.05, 4.69) is 158 Å². The molecule has 1 heteroatoms. The van der Waals surface area contributed by atoms with Crippen molar-refractivity contribution in [1.82, 2.24) is 4.98 Å². The van der Waals surface area contributed by atoms with E-state index in [0.717, 1.165) is 5.52 Å². The molecule has 0 radical (unpaired) electrons. The van der Waals surface area contributed by atoms with Crippen LogP contribution in [-0.4, -0.2) is 4.98 Å². The molecule has 0 unspecified atom stereocenters. The molecule has 1 nitrogen and oxygen atoms in total. The summed E-state index contributed by atoms with van der Waals surface area (Å²) in [5.74, 6) is 0. The number of benzene rings is 8. The highest BCUT2D eigenvalue weighted by atomic mass is 14.6. The fourth-order valence-electron chi connectivity index (χ4n) is 6.96. The molecule has 8 aromatic carbocycles. The number of fused-ring (bicyclic) bond motifs is 6. The van der Waals surface area contributed by atoms with Gasteiger partial charge in [-0.3, -0.25) is 4.98 Å². The van der Waals surface area contributed by atoms with Crippen LogP contribution >= 0.6 is 0 Å². The highest BCUT2D eigenvalue weighted by molar-refractivity contribution is 6.17. The lowest BCUT2D eigenvalue weighted by Crippen LogP contribution is -1.92. The Bertz CT molecular complexity index is 2470. The largest absolute Gasteiger partial charge is 0.256 e. The van der Waals surface area contributed by atoms with Gasteiger partial charge in [-0.1, -0.05) is 140 Å². The lowest BCUT2D eigenvalue weighted by Gasteiger charge is -2.18. The normalized spacial score (nSPS) is 11.6. The molecule has 1 aromatic heterocycles. The summed E-state index contributed by atoms with van der Waals surface area (Å²) in [4.78, 5) is 4.86. The van der Waals surface area contributed by atoms with Crippen LogP contribution in [0.15, 0.2) is 164 Å². The van der Waals surface area contributed by atoms with E-state index >= 15 is 0 Å². The van der Waals surface area contributed by atoms with Crippen LogP contribution < -0.4 is 0 Å². The van der Waals surface area contributed by atoms with Crippen LogP contribution in [-0.2, 0) is 0 Å². The third-order valence-corrected chi connectivity index (χ3v) is 9.09. The Morgan fingerprint density at radius 1 is 0.318 bits per heavy atom. The first-order valence-electron chi connectivity index (χ1n) is 15.1. The highest BCUT2D eigenvalue weighted by Gasteiger charge is 2.17. The van der Waals surface area contributed by atoms with Crippen molar-refractivity contribution in [2.75, 3.05) is 0 Å². The number of hydrogen-bond donors (Lipinski definition) is 0. The van der Waals surface area contributed by atoms with Crippen LogP contribution in [0.3, 0.4) is 0 Å². The molecule has 9 aromatic rings. The van der Waals surface area contributed by atoms with Crippen molar-refractivity contribution in [1.29, 1.82) is 0 Å². The summed E-state index contributed by atoms with van der Waals surface area (Å²) in [5.41, 5.74) is 8.38. The molecular weight excluding hydrogens is 530 g/mol. The summed E-state index contributed by atoms with van der Waals surface area (Å²) >= 11 is 0. The number of aromatic nitrogens is 1. The van der Waals surface area contributed by atoms with E-state index in [9.17, 15) is 0 Å². The smallest absolute Gasteiger partial charge is 0.0786 e. The molecule has 0 N–H and O–H groups in total. The standard InChI is InChI=1S/C43H27N/c1-3-11-31-26-33(18-16-28(31)8-1)35-14-7-15-40-38(39-24-25-44-43-37-13-6-5-10-30(37)20-21-41(39)43)23-22-36(42(35)40)34-19-17-29-9-2-4-12-32(29)27-34/h1-27H. The molecule has 0 atom stereocenters. The molecular formula is C43H27N. The fraction of sp³-hybridized carbons (Fsp3) is 0. The highest BCUT2D eigenvalue weighted by Crippen LogP contribution is 2.43. The van der Waals surface area contributed by atoms with E-state index in [-0.39, 0.29) is 0 Å². The molecule has 0 bridgehead atoms. The van der Waals surface area contributed by atoms with Gasteiger partial charge in [-0.25, -0.2) is 0 Å². The quantitative estimate of drug-likeness (QED) is 0.197. The fourth-order valence-corrected chi connectivity index (χ4v) is 6.96. The maximum Gasteiger partial charge on any atom is 0.0786 e. The van der Waals surface area contributed by atoms with Gasteiger partial charge >= 0.3 is 0 Å². The molecule has 1 heterocycles. The van der Waals surface area contributed by atoms with Crippen molar-refractivity contribution in [2.24, 2.45) is 0 Å². The molecule has 204 valence electrons. The Hall–Kier alpha value is -5.79. The summed E-state index contributed by atoms with van der Waals surface area (Å²) in [6, 6.07) is 57.4. The van der Waals surface area contributed by atoms with Gasteiger partial charge in [0, 0.05) is 17.0 Å². The topological polar surface area (TPSA) is 12.9 Å². The molecule has 0 aliphatic rings. The second-order valence-corrected chi connectivity index (χ2v) is 11.6. The molecule has 9 rings (SSSR count). The van der Waals surface area contributed by atoms with Gasteiger partial charge in [0.2, 0.25) is 0 Å². The predicted molar refractivity (Wildman–Crippen MR) is 188 cm³/mol. The SMILES string of the molecule is c1ccc2cc(-c3cccc4c(-c5ccnc6c5ccc5ccccc56)ccc(-c5ccc6ccccc6c5)c34)ccc2c1. The lowest BCUT2D eigenvalue weighted by molar-refractivity contribution is 1.43. The Kier molecular flexibility index (Phi) is 5.57. The van der Waals surface area contributed by atoms with E-state index in [0.29, 0.717) is 0 Å². The average Bonchev–Trinajstić information content (AvgIpc) is 3.10. The number of pyridine rings is 1. The zero-order valence-electron chi connectivity index (χ0n) is 24.0. The summed E-state index contributed by atoms with van der Waals surface area (Å²) in [6.45, 7) is 0. The van der Waals surface area contributed by atoms with Crippen LogP contribution in [0.25, 0.3) is 87.4 Å². The first kappa shape index (κ1) is 24.8. The van der Waals surface area contributed by atoms with Crippen LogP contribution in [0.2, 0.25) is 0 Å². The third-order valence-electron chi connectivity index (χ3n) is 9.09. The Morgan fingerprint density at radius 2 is 0.864 bits per heavy atom. The number of rotatable bonds is 3. The van der Waals surface area contributed by atoms with E-state index in [4.69, 9.17) is 4.98 Å². The molecule has 0 aliphatic carbocycles. The summed E-state index contributed by atoms with van der Waals surface area (Å²) in [5, 5.41) is 11.1. The van der Waals surface area contributed by atoms with Gasteiger partial charge in [-0.2, -0.15) is 0 Å². The van der Waals surface area contributed by atoms with Gasteiger partial charge in [0.15, 0.2) is 0 Å². The maximum absolute atomic E-state index is 4.86. The second-order valence-electron chi connectivity index (χ2n) is 11.6. The minimum Gasteiger partial charge on any atom is -0.256 e. The lowest BCUT2D eigenvalue weighted by atomic mass is 9.86. The first-order chi connectivity index (χ1) is 21.8. The zero-order valence-corrected chi connectivity index (χ0v) is 24.0. The van der Waals surface area contributed by atoms with E-state index in [1.54, 1.807) is 0 Å². The van der Waals surface area contributed by atoms with Gasteiger partial charge in [0.25, 0.3) is 0 Å². The van der Waals surface area contributed by atoms with E-state index in [1.165, 1.54) is 81.9 Å². The molecule has 0 saturated carbocycles. The molecule has 0 amide bonds. The van der Waals surface area contributed by atoms with Crippen LogP contribution in [0.1, 0.15) is 0 Å². The third kappa shape index (κ3) is 3.91. The molecule has 0 fully saturated rings.